The lowest BCUT2D eigenvalue weighted by Crippen LogP contribution is -2.35. The van der Waals surface area contributed by atoms with Crippen LogP contribution >= 0.6 is 11.6 Å². The van der Waals surface area contributed by atoms with E-state index in [1.54, 1.807) is 17.0 Å². The van der Waals surface area contributed by atoms with Crippen LogP contribution in [-0.4, -0.2) is 51.9 Å². The molecule has 0 spiro atoms. The largest absolute Gasteiger partial charge is 0.354 e. The third-order valence-corrected chi connectivity index (χ3v) is 6.24. The summed E-state index contributed by atoms with van der Waals surface area (Å²) in [5.41, 5.74) is 3.37. The molecule has 0 N–H and O–H groups in total. The van der Waals surface area contributed by atoms with Crippen molar-refractivity contribution in [3.8, 4) is 0 Å². The van der Waals surface area contributed by atoms with Crippen molar-refractivity contribution in [2.45, 2.75) is 26.7 Å². The summed E-state index contributed by atoms with van der Waals surface area (Å²) >= 11 is 6.05. The third-order valence-electron chi connectivity index (χ3n) is 5.98. The van der Waals surface area contributed by atoms with E-state index in [2.05, 4.69) is 9.88 Å². The molecule has 1 aromatic heterocycles. The number of amides is 1. The maximum absolute atomic E-state index is 13.1. The van der Waals surface area contributed by atoms with Gasteiger partial charge in [0, 0.05) is 66.6 Å². The molecule has 8 nitrogen and oxygen atoms in total. The molecule has 0 unspecified atom stereocenters. The molecule has 34 heavy (non-hydrogen) atoms. The lowest BCUT2D eigenvalue weighted by Gasteiger charge is -2.26. The number of halogens is 1. The van der Waals surface area contributed by atoms with Gasteiger partial charge >= 0.3 is 0 Å². The molecular formula is C25H26ClN5O3. The highest BCUT2D eigenvalue weighted by Gasteiger charge is 2.24. The SMILES string of the molecule is Cc1nc(C)c(Cc2ccc(Cl)cc2)c(N2CCCN(C(=O)c3cccc([N+](=O)[O-])c3)CC2)n1. The lowest BCUT2D eigenvalue weighted by atomic mass is 10.0. The van der Waals surface area contributed by atoms with Crippen LogP contribution in [0, 0.1) is 24.0 Å². The van der Waals surface area contributed by atoms with Crippen LogP contribution in [0.2, 0.25) is 5.02 Å². The van der Waals surface area contributed by atoms with Crippen LogP contribution in [0.4, 0.5) is 11.5 Å². The van der Waals surface area contributed by atoms with Gasteiger partial charge in [0.2, 0.25) is 0 Å². The summed E-state index contributed by atoms with van der Waals surface area (Å²) in [5, 5.41) is 11.8. The van der Waals surface area contributed by atoms with E-state index in [1.165, 1.54) is 12.1 Å². The van der Waals surface area contributed by atoms with Crippen molar-refractivity contribution in [2.24, 2.45) is 0 Å². The van der Waals surface area contributed by atoms with Gasteiger partial charge in [0.05, 0.1) is 4.92 Å². The van der Waals surface area contributed by atoms with E-state index in [0.717, 1.165) is 35.6 Å². The molecule has 0 radical (unpaired) electrons. The highest BCUT2D eigenvalue weighted by atomic mass is 35.5. The summed E-state index contributed by atoms with van der Waals surface area (Å²) in [4.78, 5) is 37.0. The van der Waals surface area contributed by atoms with Crippen LogP contribution < -0.4 is 4.90 Å². The van der Waals surface area contributed by atoms with Crippen LogP contribution in [0.3, 0.4) is 0 Å². The molecule has 2 aromatic carbocycles. The van der Waals surface area contributed by atoms with Gasteiger partial charge < -0.3 is 9.80 Å². The number of anilines is 1. The fourth-order valence-electron chi connectivity index (χ4n) is 4.26. The smallest absolute Gasteiger partial charge is 0.270 e. The van der Waals surface area contributed by atoms with Gasteiger partial charge in [-0.2, -0.15) is 0 Å². The molecule has 0 saturated carbocycles. The summed E-state index contributed by atoms with van der Waals surface area (Å²) < 4.78 is 0. The zero-order chi connectivity index (χ0) is 24.2. The maximum atomic E-state index is 13.1. The number of benzene rings is 2. The van der Waals surface area contributed by atoms with Crippen LogP contribution in [0.25, 0.3) is 0 Å². The Morgan fingerprint density at radius 3 is 2.56 bits per heavy atom. The average Bonchev–Trinajstić information content (AvgIpc) is 3.08. The first kappa shape index (κ1) is 23.6. The first-order valence-electron chi connectivity index (χ1n) is 11.2. The van der Waals surface area contributed by atoms with E-state index >= 15 is 0 Å². The van der Waals surface area contributed by atoms with Crippen molar-refractivity contribution in [2.75, 3.05) is 31.1 Å². The van der Waals surface area contributed by atoms with Gasteiger partial charge in [-0.15, -0.1) is 0 Å². The van der Waals surface area contributed by atoms with Gasteiger partial charge in [0.15, 0.2) is 0 Å². The highest BCUT2D eigenvalue weighted by molar-refractivity contribution is 6.30. The Hall–Kier alpha value is -3.52. The number of nitro benzene ring substituents is 1. The Balaban J connectivity index is 1.55. The number of carbonyl (C=O) groups excluding carboxylic acids is 1. The zero-order valence-corrected chi connectivity index (χ0v) is 20.0. The average molecular weight is 480 g/mol. The van der Waals surface area contributed by atoms with E-state index in [1.807, 2.05) is 38.1 Å². The molecule has 1 fully saturated rings. The number of nitro groups is 1. The molecule has 1 aliphatic heterocycles. The van der Waals surface area contributed by atoms with Gasteiger partial charge in [0.25, 0.3) is 11.6 Å². The number of rotatable bonds is 5. The second-order valence-corrected chi connectivity index (χ2v) is 8.84. The van der Waals surface area contributed by atoms with Crippen molar-refractivity contribution in [3.63, 3.8) is 0 Å². The van der Waals surface area contributed by atoms with Crippen molar-refractivity contribution >= 4 is 29.0 Å². The van der Waals surface area contributed by atoms with Crippen molar-refractivity contribution in [1.29, 1.82) is 0 Å². The Kier molecular flexibility index (Phi) is 7.07. The van der Waals surface area contributed by atoms with E-state index < -0.39 is 4.92 Å². The second-order valence-electron chi connectivity index (χ2n) is 8.40. The van der Waals surface area contributed by atoms with E-state index in [0.29, 0.717) is 42.5 Å². The topological polar surface area (TPSA) is 92.5 Å². The van der Waals surface area contributed by atoms with Gasteiger partial charge in [-0.3, -0.25) is 14.9 Å². The molecule has 1 aliphatic rings. The summed E-state index contributed by atoms with van der Waals surface area (Å²) in [6, 6.07) is 13.7. The minimum Gasteiger partial charge on any atom is -0.354 e. The molecule has 1 saturated heterocycles. The number of aryl methyl sites for hydroxylation is 2. The molecule has 2 heterocycles. The zero-order valence-electron chi connectivity index (χ0n) is 19.2. The van der Waals surface area contributed by atoms with E-state index in [-0.39, 0.29) is 11.6 Å². The van der Waals surface area contributed by atoms with Crippen molar-refractivity contribution in [1.82, 2.24) is 14.9 Å². The quantitative estimate of drug-likeness (QED) is 0.392. The normalized spacial score (nSPS) is 14.1. The van der Waals surface area contributed by atoms with Crippen LogP contribution in [0.15, 0.2) is 48.5 Å². The number of non-ortho nitro benzene ring substituents is 1. The highest BCUT2D eigenvalue weighted by Crippen LogP contribution is 2.26. The van der Waals surface area contributed by atoms with E-state index in [4.69, 9.17) is 16.6 Å². The Morgan fingerprint density at radius 2 is 1.82 bits per heavy atom. The van der Waals surface area contributed by atoms with E-state index in [9.17, 15) is 14.9 Å². The minimum atomic E-state index is -0.483. The number of carbonyl (C=O) groups is 1. The molecule has 9 heteroatoms. The number of nitrogens with zero attached hydrogens (tertiary/aromatic N) is 5. The fourth-order valence-corrected chi connectivity index (χ4v) is 4.39. The second kappa shape index (κ2) is 10.2. The first-order valence-corrected chi connectivity index (χ1v) is 11.6. The fraction of sp³-hybridized carbons (Fsp3) is 0.320. The van der Waals surface area contributed by atoms with Gasteiger partial charge in [0.1, 0.15) is 11.6 Å². The Morgan fingerprint density at radius 1 is 1.06 bits per heavy atom. The van der Waals surface area contributed by atoms with Crippen molar-refractivity contribution < 1.29 is 9.72 Å². The molecule has 3 aromatic rings. The molecule has 0 aliphatic carbocycles. The third kappa shape index (κ3) is 5.34. The summed E-state index contributed by atoms with van der Waals surface area (Å²) in [7, 11) is 0. The van der Waals surface area contributed by atoms with Crippen LogP contribution in [0.1, 0.15) is 39.4 Å². The molecule has 4 rings (SSSR count). The van der Waals surface area contributed by atoms with Crippen LogP contribution in [-0.2, 0) is 6.42 Å². The molecule has 1 amide bonds. The molecular weight excluding hydrogens is 454 g/mol. The predicted molar refractivity (Wildman–Crippen MR) is 132 cm³/mol. The maximum Gasteiger partial charge on any atom is 0.270 e. The molecule has 176 valence electrons. The standard InChI is InChI=1S/C25H26ClN5O3/c1-17-23(15-19-7-9-21(26)10-8-19)24(28-18(2)27-17)29-11-4-12-30(14-13-29)25(32)20-5-3-6-22(16-20)31(33)34/h3,5-10,16H,4,11-15H2,1-2H3. The summed E-state index contributed by atoms with van der Waals surface area (Å²) in [6.45, 7) is 6.34. The number of hydrogen-bond acceptors (Lipinski definition) is 6. The van der Waals surface area contributed by atoms with Gasteiger partial charge in [-0.1, -0.05) is 29.8 Å². The minimum absolute atomic E-state index is 0.0823. The van der Waals surface area contributed by atoms with Crippen LogP contribution in [0.5, 0.6) is 0 Å². The first-order chi connectivity index (χ1) is 16.3. The van der Waals surface area contributed by atoms with Gasteiger partial charge in [-0.25, -0.2) is 9.97 Å². The summed E-state index contributed by atoms with van der Waals surface area (Å²) in [5.74, 6) is 1.41. The van der Waals surface area contributed by atoms with Crippen molar-refractivity contribution in [3.05, 3.63) is 91.9 Å². The molecule has 0 bridgehead atoms. The van der Waals surface area contributed by atoms with Gasteiger partial charge in [-0.05, 0) is 44.0 Å². The Bertz CT molecular complexity index is 1220. The lowest BCUT2D eigenvalue weighted by molar-refractivity contribution is -0.384. The summed E-state index contributed by atoms with van der Waals surface area (Å²) in [6.07, 6.45) is 1.45. The number of hydrogen-bond donors (Lipinski definition) is 0. The Labute approximate surface area is 203 Å². The number of aromatic nitrogens is 2. The monoisotopic (exact) mass is 479 g/mol. The molecule has 0 atom stereocenters. The predicted octanol–water partition coefficient (Wildman–Crippen LogP) is 4.60.